The first kappa shape index (κ1) is 18.6. The van der Waals surface area contributed by atoms with Gasteiger partial charge in [0.1, 0.15) is 0 Å². The number of aliphatic hydroxyl groups excluding tert-OH is 2. The van der Waals surface area contributed by atoms with Crippen LogP contribution in [-0.2, 0) is 9.59 Å². The van der Waals surface area contributed by atoms with Gasteiger partial charge in [-0.05, 0) is 12.8 Å². The van der Waals surface area contributed by atoms with Crippen molar-refractivity contribution in [3.05, 3.63) is 0 Å². The SMILES string of the molecule is CC(C)C(O)C(=O)O.CCO.O=CO. The second-order valence-corrected chi connectivity index (χ2v) is 2.45. The summed E-state index contributed by atoms with van der Waals surface area (Å²) >= 11 is 0. The van der Waals surface area contributed by atoms with Gasteiger partial charge in [-0.1, -0.05) is 13.8 Å². The molecule has 0 fully saturated rings. The Bertz CT molecular complexity index is 134. The van der Waals surface area contributed by atoms with Crippen LogP contribution in [0.1, 0.15) is 20.8 Å². The quantitative estimate of drug-likeness (QED) is 0.469. The molecule has 0 bridgehead atoms. The van der Waals surface area contributed by atoms with Gasteiger partial charge in [0.2, 0.25) is 0 Å². The zero-order valence-corrected chi connectivity index (χ0v) is 8.54. The third-order valence-electron chi connectivity index (χ3n) is 0.884. The standard InChI is InChI=1S/C5H10O3.C2H6O.CH2O2/c1-3(2)4(6)5(7)8;1-2-3;2-1-3/h3-4,6H,1-2H3,(H,7,8);3H,2H2,1H3;1H,(H,2,3). The molecule has 0 saturated heterocycles. The largest absolute Gasteiger partial charge is 0.483 e. The third-order valence-corrected chi connectivity index (χ3v) is 0.884. The Morgan fingerprint density at radius 2 is 1.64 bits per heavy atom. The molecular weight excluding hydrogens is 192 g/mol. The van der Waals surface area contributed by atoms with Crippen molar-refractivity contribution in [2.75, 3.05) is 6.61 Å². The normalized spacial score (nSPS) is 10.1. The Balaban J connectivity index is -0.000000168. The van der Waals surface area contributed by atoms with E-state index in [9.17, 15) is 4.79 Å². The summed E-state index contributed by atoms with van der Waals surface area (Å²) in [6.07, 6.45) is -1.21. The smallest absolute Gasteiger partial charge is 0.332 e. The Hall–Kier alpha value is -1.14. The van der Waals surface area contributed by atoms with Gasteiger partial charge in [-0.25, -0.2) is 4.79 Å². The number of carboxylic acids is 1. The molecule has 86 valence electrons. The molecule has 0 amide bonds. The van der Waals surface area contributed by atoms with Crippen LogP contribution in [0.5, 0.6) is 0 Å². The van der Waals surface area contributed by atoms with Gasteiger partial charge in [-0.2, -0.15) is 0 Å². The lowest BCUT2D eigenvalue weighted by Crippen LogP contribution is -2.25. The van der Waals surface area contributed by atoms with Crippen molar-refractivity contribution in [1.29, 1.82) is 0 Å². The van der Waals surface area contributed by atoms with Crippen LogP contribution in [0, 0.1) is 5.92 Å². The van der Waals surface area contributed by atoms with Crippen molar-refractivity contribution >= 4 is 12.4 Å². The number of aliphatic carboxylic acids is 1. The highest BCUT2D eigenvalue weighted by Crippen LogP contribution is 1.99. The summed E-state index contributed by atoms with van der Waals surface area (Å²) < 4.78 is 0. The van der Waals surface area contributed by atoms with Gasteiger partial charge in [-0.3, -0.25) is 4.79 Å². The van der Waals surface area contributed by atoms with E-state index in [0.29, 0.717) is 0 Å². The summed E-state index contributed by atoms with van der Waals surface area (Å²) in [6.45, 7) is 4.98. The van der Waals surface area contributed by atoms with Gasteiger partial charge in [0.15, 0.2) is 6.10 Å². The van der Waals surface area contributed by atoms with E-state index in [1.54, 1.807) is 20.8 Å². The van der Waals surface area contributed by atoms with Crippen LogP contribution in [0.3, 0.4) is 0 Å². The van der Waals surface area contributed by atoms with E-state index in [-0.39, 0.29) is 19.0 Å². The molecule has 14 heavy (non-hydrogen) atoms. The molecule has 0 rings (SSSR count). The van der Waals surface area contributed by atoms with E-state index in [1.807, 2.05) is 0 Å². The lowest BCUT2D eigenvalue weighted by Gasteiger charge is -2.06. The Labute approximate surface area is 82.8 Å². The highest BCUT2D eigenvalue weighted by Gasteiger charge is 2.16. The number of carboxylic acid groups (broad SMARTS) is 2. The van der Waals surface area contributed by atoms with Crippen LogP contribution in [0.4, 0.5) is 0 Å². The fourth-order valence-electron chi connectivity index (χ4n) is 0.285. The van der Waals surface area contributed by atoms with Gasteiger partial charge in [0.25, 0.3) is 6.47 Å². The average Bonchev–Trinajstić information content (AvgIpc) is 2.05. The Morgan fingerprint density at radius 3 is 1.64 bits per heavy atom. The predicted molar refractivity (Wildman–Crippen MR) is 49.9 cm³/mol. The highest BCUT2D eigenvalue weighted by atomic mass is 16.4. The van der Waals surface area contributed by atoms with Crippen molar-refractivity contribution in [3.8, 4) is 0 Å². The average molecular weight is 210 g/mol. The summed E-state index contributed by atoms with van der Waals surface area (Å²) in [4.78, 5) is 18.3. The van der Waals surface area contributed by atoms with Gasteiger partial charge >= 0.3 is 5.97 Å². The zero-order valence-electron chi connectivity index (χ0n) is 8.54. The fourth-order valence-corrected chi connectivity index (χ4v) is 0.285. The zero-order chi connectivity index (χ0) is 12.1. The van der Waals surface area contributed by atoms with Gasteiger partial charge in [-0.15, -0.1) is 0 Å². The molecule has 6 nitrogen and oxygen atoms in total. The second-order valence-electron chi connectivity index (χ2n) is 2.45. The molecule has 1 unspecified atom stereocenters. The molecule has 0 radical (unpaired) electrons. The van der Waals surface area contributed by atoms with E-state index in [1.165, 1.54) is 0 Å². The topological polar surface area (TPSA) is 115 Å². The van der Waals surface area contributed by atoms with Crippen LogP contribution >= 0.6 is 0 Å². The minimum atomic E-state index is -1.21. The number of hydrogen-bond acceptors (Lipinski definition) is 4. The molecule has 0 heterocycles. The van der Waals surface area contributed by atoms with Crippen LogP contribution < -0.4 is 0 Å². The van der Waals surface area contributed by atoms with E-state index >= 15 is 0 Å². The maximum atomic E-state index is 9.89. The van der Waals surface area contributed by atoms with Crippen molar-refractivity contribution in [1.82, 2.24) is 0 Å². The maximum absolute atomic E-state index is 9.89. The molecule has 0 aliphatic rings. The number of rotatable bonds is 2. The molecule has 0 aromatic rings. The minimum Gasteiger partial charge on any atom is -0.483 e. The summed E-state index contributed by atoms with van der Waals surface area (Å²) in [7, 11) is 0. The number of hydrogen-bond donors (Lipinski definition) is 4. The first-order valence-corrected chi connectivity index (χ1v) is 3.98. The van der Waals surface area contributed by atoms with Crippen molar-refractivity contribution < 1.29 is 30.0 Å². The minimum absolute atomic E-state index is 0.201. The predicted octanol–water partition coefficient (Wildman–Crippen LogP) is -0.213. The van der Waals surface area contributed by atoms with Crippen LogP contribution in [0.15, 0.2) is 0 Å². The van der Waals surface area contributed by atoms with E-state index in [4.69, 9.17) is 25.2 Å². The highest BCUT2D eigenvalue weighted by molar-refractivity contribution is 5.72. The van der Waals surface area contributed by atoms with Crippen molar-refractivity contribution in [2.45, 2.75) is 26.9 Å². The third kappa shape index (κ3) is 22.4. The van der Waals surface area contributed by atoms with Gasteiger partial charge < -0.3 is 20.4 Å². The molecular formula is C8H18O6. The van der Waals surface area contributed by atoms with Crippen LogP contribution in [-0.4, -0.2) is 45.6 Å². The number of aliphatic hydroxyl groups is 2. The lowest BCUT2D eigenvalue weighted by molar-refractivity contribution is -0.148. The van der Waals surface area contributed by atoms with E-state index in [2.05, 4.69) is 0 Å². The van der Waals surface area contributed by atoms with E-state index in [0.717, 1.165) is 0 Å². The summed E-state index contributed by atoms with van der Waals surface area (Å²) in [5.74, 6) is -1.35. The maximum Gasteiger partial charge on any atom is 0.332 e. The van der Waals surface area contributed by atoms with Crippen LogP contribution in [0.25, 0.3) is 0 Å². The molecule has 0 saturated carbocycles. The molecule has 1 atom stereocenters. The number of carbonyl (C=O) groups is 2. The first-order chi connectivity index (χ1) is 6.38. The summed E-state index contributed by atoms with van der Waals surface area (Å²) in [5, 5.41) is 31.2. The Kier molecular flexibility index (Phi) is 19.1. The molecule has 6 heteroatoms. The van der Waals surface area contributed by atoms with Gasteiger partial charge in [0, 0.05) is 6.61 Å². The lowest BCUT2D eigenvalue weighted by atomic mass is 10.1. The second kappa shape index (κ2) is 14.4. The van der Waals surface area contributed by atoms with Crippen molar-refractivity contribution in [2.24, 2.45) is 5.92 Å². The molecule has 0 aliphatic heterocycles. The Morgan fingerprint density at radius 1 is 1.43 bits per heavy atom. The first-order valence-electron chi connectivity index (χ1n) is 3.98. The van der Waals surface area contributed by atoms with Crippen molar-refractivity contribution in [3.63, 3.8) is 0 Å². The molecule has 0 aromatic carbocycles. The molecule has 0 aliphatic carbocycles. The molecule has 0 spiro atoms. The van der Waals surface area contributed by atoms with Crippen LogP contribution in [0.2, 0.25) is 0 Å². The molecule has 4 N–H and O–H groups in total. The monoisotopic (exact) mass is 210 g/mol. The molecule has 0 aromatic heterocycles. The van der Waals surface area contributed by atoms with E-state index < -0.39 is 12.1 Å². The fraction of sp³-hybridized carbons (Fsp3) is 0.750. The summed E-state index contributed by atoms with van der Waals surface area (Å²) in [5.41, 5.74) is 0. The van der Waals surface area contributed by atoms with Gasteiger partial charge in [0.05, 0.1) is 0 Å². The summed E-state index contributed by atoms with van der Waals surface area (Å²) in [6, 6.07) is 0.